The smallest absolute Gasteiger partial charge is 0.231 e. The lowest BCUT2D eigenvalue weighted by Crippen LogP contribution is -2.35. The first-order valence-electron chi connectivity index (χ1n) is 5.86. The number of nitrogens with two attached hydrogens (primary N) is 1. The summed E-state index contributed by atoms with van der Waals surface area (Å²) in [5, 5.41) is 10.3. The Balaban J connectivity index is 2.81. The first-order chi connectivity index (χ1) is 8.38. The average Bonchev–Trinajstić information content (AvgIpc) is 2.21. The van der Waals surface area contributed by atoms with Gasteiger partial charge < -0.3 is 10.8 Å². The van der Waals surface area contributed by atoms with Gasteiger partial charge in [0.25, 0.3) is 0 Å². The molecule has 5 heteroatoms. The van der Waals surface area contributed by atoms with E-state index in [1.807, 2.05) is 4.90 Å². The van der Waals surface area contributed by atoms with E-state index in [4.69, 9.17) is 17.3 Å². The minimum Gasteiger partial charge on any atom is -0.508 e. The van der Waals surface area contributed by atoms with E-state index in [0.29, 0.717) is 23.0 Å². The van der Waals surface area contributed by atoms with Crippen LogP contribution in [0.5, 0.6) is 5.75 Å². The molecule has 1 aromatic rings. The number of nitrogens with zero attached hydrogens (tertiary/aromatic N) is 1. The normalized spacial score (nSPS) is 11.2. The largest absolute Gasteiger partial charge is 0.508 e. The van der Waals surface area contributed by atoms with E-state index in [1.54, 1.807) is 18.2 Å². The molecule has 0 aliphatic carbocycles. The van der Waals surface area contributed by atoms with Gasteiger partial charge in [0.05, 0.1) is 6.54 Å². The van der Waals surface area contributed by atoms with Gasteiger partial charge in [-0.1, -0.05) is 25.4 Å². The predicted octanol–water partition coefficient (Wildman–Crippen LogP) is 1.99. The third-order valence-electron chi connectivity index (χ3n) is 2.44. The fraction of sp³-hybridized carbons (Fsp3) is 0.462. The van der Waals surface area contributed by atoms with Crippen molar-refractivity contribution in [3.8, 4) is 5.75 Å². The van der Waals surface area contributed by atoms with Crippen molar-refractivity contribution in [3.63, 3.8) is 0 Å². The van der Waals surface area contributed by atoms with Gasteiger partial charge in [-0.3, -0.25) is 9.69 Å². The molecule has 0 saturated heterocycles. The van der Waals surface area contributed by atoms with Crippen molar-refractivity contribution in [1.29, 1.82) is 0 Å². The average molecular weight is 271 g/mol. The highest BCUT2D eigenvalue weighted by Crippen LogP contribution is 2.23. The number of carbonyl (C=O) groups excluding carboxylic acids is 1. The Kier molecular flexibility index (Phi) is 5.44. The van der Waals surface area contributed by atoms with Crippen molar-refractivity contribution >= 4 is 17.5 Å². The van der Waals surface area contributed by atoms with Crippen molar-refractivity contribution in [3.05, 3.63) is 28.8 Å². The third-order valence-corrected chi connectivity index (χ3v) is 2.67. The van der Waals surface area contributed by atoms with Gasteiger partial charge in [0.2, 0.25) is 5.91 Å². The lowest BCUT2D eigenvalue weighted by atomic mass is 10.1. The fourth-order valence-corrected chi connectivity index (χ4v) is 2.04. The van der Waals surface area contributed by atoms with Gasteiger partial charge in [-0.05, 0) is 24.1 Å². The number of hydrogen-bond donors (Lipinski definition) is 2. The molecular weight excluding hydrogens is 252 g/mol. The molecule has 0 aliphatic heterocycles. The molecule has 0 spiro atoms. The van der Waals surface area contributed by atoms with Gasteiger partial charge in [0.1, 0.15) is 5.75 Å². The summed E-state index contributed by atoms with van der Waals surface area (Å²) in [6.07, 6.45) is 0. The third kappa shape index (κ3) is 4.94. The quantitative estimate of drug-likeness (QED) is 0.831. The number of rotatable bonds is 6. The molecule has 0 aliphatic rings. The number of aromatic hydroxyl groups is 1. The monoisotopic (exact) mass is 270 g/mol. The predicted molar refractivity (Wildman–Crippen MR) is 72.4 cm³/mol. The molecule has 0 heterocycles. The lowest BCUT2D eigenvalue weighted by Gasteiger charge is -2.23. The second kappa shape index (κ2) is 6.61. The molecule has 100 valence electrons. The van der Waals surface area contributed by atoms with E-state index in [0.717, 1.165) is 6.54 Å². The Labute approximate surface area is 112 Å². The summed E-state index contributed by atoms with van der Waals surface area (Å²) in [5.74, 6) is 0.209. The number of halogens is 1. The number of benzene rings is 1. The summed E-state index contributed by atoms with van der Waals surface area (Å²) in [6, 6.07) is 4.88. The molecule has 0 aromatic heterocycles. The summed E-state index contributed by atoms with van der Waals surface area (Å²) in [5.41, 5.74) is 5.92. The number of hydrogen-bond acceptors (Lipinski definition) is 3. The van der Waals surface area contributed by atoms with Gasteiger partial charge in [-0.15, -0.1) is 0 Å². The summed E-state index contributed by atoms with van der Waals surface area (Å²) in [6.45, 7) is 5.48. The van der Waals surface area contributed by atoms with Crippen LogP contribution in [0.4, 0.5) is 0 Å². The molecule has 0 bridgehead atoms. The SMILES string of the molecule is CC(C)CN(CC(N)=O)Cc1cc(Cl)ccc1O. The zero-order valence-electron chi connectivity index (χ0n) is 10.7. The van der Waals surface area contributed by atoms with E-state index in [1.165, 1.54) is 0 Å². The summed E-state index contributed by atoms with van der Waals surface area (Å²) in [7, 11) is 0. The first kappa shape index (κ1) is 14.8. The van der Waals surface area contributed by atoms with Gasteiger partial charge >= 0.3 is 0 Å². The topological polar surface area (TPSA) is 66.6 Å². The number of amides is 1. The number of primary amides is 1. The van der Waals surface area contributed by atoms with Crippen LogP contribution in [0.2, 0.25) is 5.02 Å². The molecule has 0 atom stereocenters. The number of carbonyl (C=O) groups is 1. The Morgan fingerprint density at radius 3 is 2.72 bits per heavy atom. The van der Waals surface area contributed by atoms with E-state index in [9.17, 15) is 9.90 Å². The highest BCUT2D eigenvalue weighted by atomic mass is 35.5. The molecule has 1 amide bonds. The van der Waals surface area contributed by atoms with Crippen LogP contribution in [0.1, 0.15) is 19.4 Å². The van der Waals surface area contributed by atoms with Crippen LogP contribution >= 0.6 is 11.6 Å². The van der Waals surface area contributed by atoms with Crippen LogP contribution in [0, 0.1) is 5.92 Å². The van der Waals surface area contributed by atoms with Crippen molar-refractivity contribution in [2.24, 2.45) is 11.7 Å². The molecule has 0 radical (unpaired) electrons. The number of phenols is 1. The van der Waals surface area contributed by atoms with Crippen molar-refractivity contribution in [2.45, 2.75) is 20.4 Å². The lowest BCUT2D eigenvalue weighted by molar-refractivity contribution is -0.119. The van der Waals surface area contributed by atoms with Gasteiger partial charge in [-0.25, -0.2) is 0 Å². The summed E-state index contributed by atoms with van der Waals surface area (Å²) in [4.78, 5) is 12.9. The van der Waals surface area contributed by atoms with Gasteiger partial charge in [0, 0.05) is 23.7 Å². The minimum absolute atomic E-state index is 0.171. The first-order valence-corrected chi connectivity index (χ1v) is 6.24. The van der Waals surface area contributed by atoms with Crippen molar-refractivity contribution < 1.29 is 9.90 Å². The maximum atomic E-state index is 11.0. The van der Waals surface area contributed by atoms with Crippen LogP contribution in [-0.4, -0.2) is 29.0 Å². The maximum Gasteiger partial charge on any atom is 0.231 e. The zero-order chi connectivity index (χ0) is 13.7. The van der Waals surface area contributed by atoms with Gasteiger partial charge in [-0.2, -0.15) is 0 Å². The van der Waals surface area contributed by atoms with Crippen molar-refractivity contribution in [1.82, 2.24) is 4.90 Å². The highest BCUT2D eigenvalue weighted by Gasteiger charge is 2.13. The van der Waals surface area contributed by atoms with Crippen LogP contribution in [-0.2, 0) is 11.3 Å². The standard InChI is InChI=1S/C13H19ClN2O2/c1-9(2)6-16(8-13(15)18)7-10-5-11(14)3-4-12(10)17/h3-5,9,17H,6-8H2,1-2H3,(H2,15,18). The Morgan fingerprint density at radius 1 is 1.50 bits per heavy atom. The van der Waals surface area contributed by atoms with Crippen molar-refractivity contribution in [2.75, 3.05) is 13.1 Å². The van der Waals surface area contributed by atoms with Crippen LogP contribution in [0.15, 0.2) is 18.2 Å². The zero-order valence-corrected chi connectivity index (χ0v) is 11.4. The maximum absolute atomic E-state index is 11.0. The molecule has 0 saturated carbocycles. The molecule has 0 unspecified atom stereocenters. The van der Waals surface area contributed by atoms with E-state index in [2.05, 4.69) is 13.8 Å². The molecule has 0 fully saturated rings. The van der Waals surface area contributed by atoms with Crippen LogP contribution in [0.25, 0.3) is 0 Å². The number of phenolic OH excluding ortho intramolecular Hbond substituents is 1. The molecule has 18 heavy (non-hydrogen) atoms. The summed E-state index contributed by atoms with van der Waals surface area (Å²) >= 11 is 5.89. The Morgan fingerprint density at radius 2 is 2.17 bits per heavy atom. The molecule has 1 aromatic carbocycles. The van der Waals surface area contributed by atoms with E-state index in [-0.39, 0.29) is 18.2 Å². The minimum atomic E-state index is -0.378. The summed E-state index contributed by atoms with van der Waals surface area (Å²) < 4.78 is 0. The molecule has 3 N–H and O–H groups in total. The second-order valence-electron chi connectivity index (χ2n) is 4.80. The fourth-order valence-electron chi connectivity index (χ4n) is 1.84. The van der Waals surface area contributed by atoms with E-state index < -0.39 is 0 Å². The second-order valence-corrected chi connectivity index (χ2v) is 5.24. The molecule has 1 rings (SSSR count). The highest BCUT2D eigenvalue weighted by molar-refractivity contribution is 6.30. The van der Waals surface area contributed by atoms with E-state index >= 15 is 0 Å². The molecule has 4 nitrogen and oxygen atoms in total. The molecular formula is C13H19ClN2O2. The van der Waals surface area contributed by atoms with Gasteiger partial charge in [0.15, 0.2) is 0 Å². The van der Waals surface area contributed by atoms with Crippen LogP contribution in [0.3, 0.4) is 0 Å². The Bertz CT molecular complexity index is 421. The van der Waals surface area contributed by atoms with Crippen LogP contribution < -0.4 is 5.73 Å². The Hall–Kier alpha value is -1.26.